The maximum atomic E-state index is 11.9. The zero-order chi connectivity index (χ0) is 19.1. The van der Waals surface area contributed by atoms with Gasteiger partial charge in [0.05, 0.1) is 6.54 Å². The molecule has 0 radical (unpaired) electrons. The third-order valence-corrected chi connectivity index (χ3v) is 2.99. The lowest BCUT2D eigenvalue weighted by Gasteiger charge is -2.24. The Morgan fingerprint density at radius 2 is 1.69 bits per heavy atom. The molecule has 0 aliphatic carbocycles. The lowest BCUT2D eigenvalue weighted by atomic mass is 10.1. The zero-order valence-electron chi connectivity index (χ0n) is 16.9. The number of amides is 1. The van der Waals surface area contributed by atoms with Gasteiger partial charge in [-0.05, 0) is 47.6 Å². The summed E-state index contributed by atoms with van der Waals surface area (Å²) in [4.78, 5) is 16.0. The molecule has 0 aliphatic rings. The molecule has 6 nitrogen and oxygen atoms in total. The van der Waals surface area contributed by atoms with Gasteiger partial charge in [0.1, 0.15) is 11.4 Å². The summed E-state index contributed by atoms with van der Waals surface area (Å²) >= 11 is 0. The minimum Gasteiger partial charge on any atom is -0.488 e. The first-order valence-electron chi connectivity index (χ1n) is 8.52. The number of carbonyl (C=O) groups excluding carboxylic acids is 1. The van der Waals surface area contributed by atoms with Gasteiger partial charge in [-0.15, -0.1) is 24.0 Å². The monoisotopic (exact) mass is 476 g/mol. The maximum Gasteiger partial charge on any atom is 0.239 e. The van der Waals surface area contributed by atoms with Crippen LogP contribution in [0.4, 0.5) is 0 Å². The minimum atomic E-state index is -0.263. The first-order chi connectivity index (χ1) is 11.5. The normalized spacial score (nSPS) is 12.0. The van der Waals surface area contributed by atoms with Gasteiger partial charge in [0.2, 0.25) is 5.91 Å². The number of ether oxygens (including phenoxy) is 1. The highest BCUT2D eigenvalue weighted by molar-refractivity contribution is 14.0. The highest BCUT2D eigenvalue weighted by Crippen LogP contribution is 2.22. The summed E-state index contributed by atoms with van der Waals surface area (Å²) < 4.78 is 5.99. The number of para-hydroxylation sites is 1. The van der Waals surface area contributed by atoms with E-state index >= 15 is 0 Å². The smallest absolute Gasteiger partial charge is 0.239 e. The number of aliphatic imine (C=N–C) groups is 1. The van der Waals surface area contributed by atoms with Crippen molar-refractivity contribution in [3.05, 3.63) is 29.8 Å². The van der Waals surface area contributed by atoms with Crippen molar-refractivity contribution in [1.29, 1.82) is 0 Å². The number of guanidine groups is 1. The van der Waals surface area contributed by atoms with Crippen molar-refractivity contribution in [1.82, 2.24) is 16.0 Å². The summed E-state index contributed by atoms with van der Waals surface area (Å²) in [5.74, 6) is 1.32. The fourth-order valence-electron chi connectivity index (χ4n) is 2.11. The van der Waals surface area contributed by atoms with Crippen LogP contribution in [-0.2, 0) is 11.3 Å². The van der Waals surface area contributed by atoms with Crippen molar-refractivity contribution < 1.29 is 9.53 Å². The van der Waals surface area contributed by atoms with Gasteiger partial charge in [-0.1, -0.05) is 18.2 Å². The van der Waals surface area contributed by atoms with Crippen LogP contribution in [0, 0.1) is 0 Å². The molecule has 0 saturated heterocycles. The van der Waals surface area contributed by atoms with Crippen molar-refractivity contribution in [3.8, 4) is 5.75 Å². The van der Waals surface area contributed by atoms with Crippen LogP contribution >= 0.6 is 24.0 Å². The molecule has 1 amide bonds. The summed E-state index contributed by atoms with van der Waals surface area (Å²) in [6, 6.07) is 7.89. The average Bonchev–Trinajstić information content (AvgIpc) is 2.45. The first kappa shape index (κ1) is 24.5. The molecule has 1 aromatic rings. The Balaban J connectivity index is 0.00000625. The summed E-state index contributed by atoms with van der Waals surface area (Å²) in [6.45, 7) is 12.6. The largest absolute Gasteiger partial charge is 0.488 e. The number of nitrogens with one attached hydrogen (secondary N) is 3. The van der Waals surface area contributed by atoms with E-state index in [1.807, 2.05) is 65.8 Å². The van der Waals surface area contributed by atoms with E-state index in [1.165, 1.54) is 0 Å². The number of benzene rings is 1. The lowest BCUT2D eigenvalue weighted by molar-refractivity contribution is -0.121. The van der Waals surface area contributed by atoms with E-state index in [9.17, 15) is 4.79 Å². The summed E-state index contributed by atoms with van der Waals surface area (Å²) in [6.07, 6.45) is 0. The first-order valence-corrected chi connectivity index (χ1v) is 8.52. The molecular formula is C19H33IN4O2. The number of hydrogen-bond acceptors (Lipinski definition) is 3. The van der Waals surface area contributed by atoms with E-state index in [2.05, 4.69) is 20.9 Å². The molecule has 3 N–H and O–H groups in total. The van der Waals surface area contributed by atoms with Crippen molar-refractivity contribution in [3.63, 3.8) is 0 Å². The Morgan fingerprint density at radius 3 is 2.23 bits per heavy atom. The zero-order valence-corrected chi connectivity index (χ0v) is 19.2. The molecule has 0 heterocycles. The highest BCUT2D eigenvalue weighted by Gasteiger charge is 2.15. The van der Waals surface area contributed by atoms with Gasteiger partial charge in [-0.2, -0.15) is 0 Å². The van der Waals surface area contributed by atoms with Crippen molar-refractivity contribution in [2.24, 2.45) is 4.99 Å². The maximum absolute atomic E-state index is 11.9. The van der Waals surface area contributed by atoms with Gasteiger partial charge in [-0.3, -0.25) is 9.79 Å². The van der Waals surface area contributed by atoms with Gasteiger partial charge < -0.3 is 20.7 Å². The predicted octanol–water partition coefficient (Wildman–Crippen LogP) is 3.06. The van der Waals surface area contributed by atoms with E-state index < -0.39 is 0 Å². The Bertz CT molecular complexity index is 604. The van der Waals surface area contributed by atoms with Crippen LogP contribution < -0.4 is 20.7 Å². The topological polar surface area (TPSA) is 74.8 Å². The predicted molar refractivity (Wildman–Crippen MR) is 118 cm³/mol. The number of hydrogen-bond donors (Lipinski definition) is 3. The van der Waals surface area contributed by atoms with Crippen LogP contribution in [0.1, 0.15) is 47.1 Å². The number of carbonyl (C=O) groups is 1. The van der Waals surface area contributed by atoms with Gasteiger partial charge in [-0.25, -0.2) is 0 Å². The van der Waals surface area contributed by atoms with Crippen LogP contribution in [0.3, 0.4) is 0 Å². The number of nitrogens with zero attached hydrogens (tertiary/aromatic N) is 1. The summed E-state index contributed by atoms with van der Waals surface area (Å²) in [5, 5.41) is 9.13. The van der Waals surface area contributed by atoms with Crippen molar-refractivity contribution in [2.45, 2.75) is 59.2 Å². The van der Waals surface area contributed by atoms with Gasteiger partial charge in [0, 0.05) is 24.7 Å². The number of halogens is 1. The second-order valence-corrected chi connectivity index (χ2v) is 7.90. The molecule has 0 aliphatic heterocycles. The molecule has 0 atom stereocenters. The second-order valence-electron chi connectivity index (χ2n) is 7.90. The molecule has 1 aromatic carbocycles. The van der Waals surface area contributed by atoms with E-state index in [0.29, 0.717) is 12.5 Å². The fourth-order valence-corrected chi connectivity index (χ4v) is 2.11. The van der Waals surface area contributed by atoms with Crippen LogP contribution in [0.15, 0.2) is 29.3 Å². The molecule has 0 saturated carbocycles. The average molecular weight is 476 g/mol. The number of rotatable bonds is 5. The van der Waals surface area contributed by atoms with E-state index in [1.54, 1.807) is 7.05 Å². The highest BCUT2D eigenvalue weighted by atomic mass is 127. The van der Waals surface area contributed by atoms with Crippen LogP contribution in [-0.4, -0.2) is 36.6 Å². The molecule has 7 heteroatoms. The molecule has 0 bridgehead atoms. The third-order valence-electron chi connectivity index (χ3n) is 2.99. The fraction of sp³-hybridized carbons (Fsp3) is 0.579. The molecular weight excluding hydrogens is 443 g/mol. The quantitative estimate of drug-likeness (QED) is 0.347. The molecule has 0 fully saturated rings. The molecule has 0 spiro atoms. The van der Waals surface area contributed by atoms with E-state index in [-0.39, 0.29) is 47.6 Å². The Hall–Kier alpha value is -1.51. The molecule has 26 heavy (non-hydrogen) atoms. The van der Waals surface area contributed by atoms with Crippen LogP contribution in [0.25, 0.3) is 0 Å². The van der Waals surface area contributed by atoms with Crippen LogP contribution in [0.5, 0.6) is 5.75 Å². The van der Waals surface area contributed by atoms with Gasteiger partial charge >= 0.3 is 0 Å². The Labute approximate surface area is 174 Å². The summed E-state index contributed by atoms with van der Waals surface area (Å²) in [7, 11) is 1.68. The molecule has 0 aromatic heterocycles. The van der Waals surface area contributed by atoms with E-state index in [0.717, 1.165) is 11.3 Å². The van der Waals surface area contributed by atoms with Crippen molar-refractivity contribution in [2.75, 3.05) is 13.6 Å². The molecule has 148 valence electrons. The SMILES string of the molecule is CN=C(NCC(=O)NC(C)(C)C)NCc1ccccc1OC(C)(C)C.I. The molecule has 1 rings (SSSR count). The van der Waals surface area contributed by atoms with Gasteiger partial charge in [0.15, 0.2) is 5.96 Å². The Kier molecular flexibility index (Phi) is 9.98. The van der Waals surface area contributed by atoms with E-state index in [4.69, 9.17) is 4.74 Å². The van der Waals surface area contributed by atoms with Crippen LogP contribution in [0.2, 0.25) is 0 Å². The lowest BCUT2D eigenvalue weighted by Crippen LogP contribution is -2.48. The third kappa shape index (κ3) is 10.5. The minimum absolute atomic E-state index is 0. The standard InChI is InChI=1S/C19H32N4O2.HI/c1-18(2,3)23-16(24)13-22-17(20-7)21-12-14-10-8-9-11-15(14)25-19(4,5)6;/h8-11H,12-13H2,1-7H3,(H,23,24)(H2,20,21,22);1H. The van der Waals surface area contributed by atoms with Crippen molar-refractivity contribution >= 4 is 35.8 Å². The summed E-state index contributed by atoms with van der Waals surface area (Å²) in [5.41, 5.74) is 0.513. The molecule has 0 unspecified atom stereocenters. The Morgan fingerprint density at radius 1 is 1.08 bits per heavy atom. The second kappa shape index (κ2) is 10.6. The van der Waals surface area contributed by atoms with Gasteiger partial charge in [0.25, 0.3) is 0 Å².